The maximum atomic E-state index is 11.2. The molecule has 0 heterocycles. The summed E-state index contributed by atoms with van der Waals surface area (Å²) in [5.74, 6) is 0. The number of carbonyl (C=O) groups excluding carboxylic acids is 1. The van der Waals surface area contributed by atoms with Crippen LogP contribution in [0.3, 0.4) is 0 Å². The second kappa shape index (κ2) is 4.26. The average molecular weight is 208 g/mol. The normalized spacial score (nSPS) is 9.57. The van der Waals surface area contributed by atoms with E-state index in [2.05, 4.69) is 0 Å². The molecule has 0 spiro atoms. The number of carbonyl (C=O) groups is 1. The highest BCUT2D eigenvalue weighted by Gasteiger charge is 2.13. The van der Waals surface area contributed by atoms with Gasteiger partial charge in [-0.15, -0.1) is 0 Å². The van der Waals surface area contributed by atoms with Crippen molar-refractivity contribution in [1.82, 2.24) is 0 Å². The van der Waals surface area contributed by atoms with Crippen LogP contribution < -0.4 is 0 Å². The van der Waals surface area contributed by atoms with Crippen LogP contribution in [0, 0.1) is 25.2 Å². The van der Waals surface area contributed by atoms with E-state index in [0.717, 1.165) is 16.7 Å². The van der Waals surface area contributed by atoms with E-state index in [4.69, 9.17) is 16.9 Å². The quantitative estimate of drug-likeness (QED) is 0.700. The molecule has 0 fully saturated rings. The fraction of sp³-hybridized carbons (Fsp3) is 0.273. The number of hydrogen-bond acceptors (Lipinski definition) is 2. The molecule has 0 saturated carbocycles. The Kier molecular flexibility index (Phi) is 3.27. The fourth-order valence-electron chi connectivity index (χ4n) is 1.45. The van der Waals surface area contributed by atoms with E-state index < -0.39 is 5.24 Å². The van der Waals surface area contributed by atoms with Crippen molar-refractivity contribution in [2.24, 2.45) is 0 Å². The first-order chi connectivity index (χ1) is 6.57. The summed E-state index contributed by atoms with van der Waals surface area (Å²) in [7, 11) is 0. The minimum Gasteiger partial charge on any atom is -0.276 e. The third-order valence-electron chi connectivity index (χ3n) is 2.21. The van der Waals surface area contributed by atoms with Gasteiger partial charge in [0.2, 0.25) is 0 Å². The highest BCUT2D eigenvalue weighted by molar-refractivity contribution is 6.68. The Balaban J connectivity index is 3.43. The van der Waals surface area contributed by atoms with Gasteiger partial charge in [-0.1, -0.05) is 12.1 Å². The molecule has 0 aliphatic carbocycles. The molecular weight excluding hydrogens is 198 g/mol. The molecule has 0 bridgehead atoms. The summed E-state index contributed by atoms with van der Waals surface area (Å²) in [4.78, 5) is 11.2. The average Bonchev–Trinajstić information content (AvgIpc) is 2.11. The van der Waals surface area contributed by atoms with Crippen molar-refractivity contribution in [2.75, 3.05) is 0 Å². The summed E-state index contributed by atoms with van der Waals surface area (Å²) in [6.45, 7) is 3.69. The SMILES string of the molecule is Cc1ccc(C)c(C(=O)Cl)c1CC#N. The van der Waals surface area contributed by atoms with Gasteiger partial charge in [0.15, 0.2) is 0 Å². The lowest BCUT2D eigenvalue weighted by molar-refractivity contribution is 0.108. The first-order valence-electron chi connectivity index (χ1n) is 4.23. The van der Waals surface area contributed by atoms with Crippen LogP contribution in [-0.4, -0.2) is 5.24 Å². The molecule has 1 rings (SSSR count). The topological polar surface area (TPSA) is 40.9 Å². The predicted octanol–water partition coefficient (Wildman–Crippen LogP) is 2.75. The van der Waals surface area contributed by atoms with E-state index in [1.54, 1.807) is 0 Å². The minimum absolute atomic E-state index is 0.224. The van der Waals surface area contributed by atoms with Crippen LogP contribution in [0.5, 0.6) is 0 Å². The molecule has 0 saturated heterocycles. The fourth-order valence-corrected chi connectivity index (χ4v) is 1.71. The van der Waals surface area contributed by atoms with E-state index >= 15 is 0 Å². The van der Waals surface area contributed by atoms with E-state index in [0.29, 0.717) is 5.56 Å². The second-order valence-corrected chi connectivity index (χ2v) is 3.50. The summed E-state index contributed by atoms with van der Waals surface area (Å²) in [6, 6.07) is 5.77. The van der Waals surface area contributed by atoms with Crippen LogP contribution in [0.25, 0.3) is 0 Å². The monoisotopic (exact) mass is 207 g/mol. The first kappa shape index (κ1) is 10.7. The molecule has 3 heteroatoms. The molecule has 0 unspecified atom stereocenters. The van der Waals surface area contributed by atoms with Crippen LogP contribution >= 0.6 is 11.6 Å². The highest BCUT2D eigenvalue weighted by atomic mass is 35.5. The number of aryl methyl sites for hydroxylation is 2. The summed E-state index contributed by atoms with van der Waals surface area (Å²) >= 11 is 5.47. The Labute approximate surface area is 88.1 Å². The van der Waals surface area contributed by atoms with Crippen molar-refractivity contribution in [1.29, 1.82) is 5.26 Å². The maximum absolute atomic E-state index is 11.2. The van der Waals surface area contributed by atoms with E-state index in [1.807, 2.05) is 32.0 Å². The van der Waals surface area contributed by atoms with Crippen molar-refractivity contribution >= 4 is 16.8 Å². The van der Waals surface area contributed by atoms with E-state index in [1.165, 1.54) is 0 Å². The molecule has 14 heavy (non-hydrogen) atoms. The molecule has 72 valence electrons. The number of hydrogen-bond donors (Lipinski definition) is 0. The molecule has 0 aliphatic heterocycles. The zero-order valence-corrected chi connectivity index (χ0v) is 8.85. The van der Waals surface area contributed by atoms with Gasteiger partial charge in [0, 0.05) is 5.56 Å². The lowest BCUT2D eigenvalue weighted by atomic mass is 9.96. The van der Waals surface area contributed by atoms with Crippen LogP contribution in [-0.2, 0) is 6.42 Å². The van der Waals surface area contributed by atoms with Gasteiger partial charge >= 0.3 is 0 Å². The van der Waals surface area contributed by atoms with E-state index in [-0.39, 0.29) is 6.42 Å². The van der Waals surface area contributed by atoms with Crippen molar-refractivity contribution in [3.63, 3.8) is 0 Å². The van der Waals surface area contributed by atoms with Crippen molar-refractivity contribution < 1.29 is 4.79 Å². The summed E-state index contributed by atoms with van der Waals surface area (Å²) in [5.41, 5.74) is 2.97. The Morgan fingerprint density at radius 2 is 2.00 bits per heavy atom. The first-order valence-corrected chi connectivity index (χ1v) is 4.61. The smallest absolute Gasteiger partial charge is 0.252 e. The molecule has 0 N–H and O–H groups in total. The van der Waals surface area contributed by atoms with Gasteiger partial charge in [0.05, 0.1) is 12.5 Å². The molecule has 0 amide bonds. The summed E-state index contributed by atoms with van der Waals surface area (Å²) in [6.07, 6.45) is 0.224. The van der Waals surface area contributed by atoms with Crippen molar-refractivity contribution in [3.8, 4) is 6.07 Å². The maximum Gasteiger partial charge on any atom is 0.252 e. The summed E-state index contributed by atoms with van der Waals surface area (Å²) < 4.78 is 0. The largest absolute Gasteiger partial charge is 0.276 e. The van der Waals surface area contributed by atoms with Crippen LogP contribution in [0.2, 0.25) is 0 Å². The van der Waals surface area contributed by atoms with Crippen molar-refractivity contribution in [2.45, 2.75) is 20.3 Å². The second-order valence-electron chi connectivity index (χ2n) is 3.16. The molecule has 1 aromatic carbocycles. The van der Waals surface area contributed by atoms with Gasteiger partial charge in [-0.25, -0.2) is 0 Å². The van der Waals surface area contributed by atoms with Gasteiger partial charge in [-0.2, -0.15) is 5.26 Å². The standard InChI is InChI=1S/C11H10ClNO/c1-7-3-4-8(2)10(11(12)14)9(7)5-6-13/h3-4H,5H2,1-2H3. The Morgan fingerprint density at radius 3 is 2.50 bits per heavy atom. The van der Waals surface area contributed by atoms with Crippen LogP contribution in [0.1, 0.15) is 27.0 Å². The molecule has 1 aromatic rings. The lowest BCUT2D eigenvalue weighted by Gasteiger charge is -2.09. The van der Waals surface area contributed by atoms with Gasteiger partial charge in [0.1, 0.15) is 0 Å². The van der Waals surface area contributed by atoms with Gasteiger partial charge < -0.3 is 0 Å². The minimum atomic E-state index is -0.489. The lowest BCUT2D eigenvalue weighted by Crippen LogP contribution is -2.02. The third-order valence-corrected chi connectivity index (χ3v) is 2.40. The molecular formula is C11H10ClNO. The zero-order chi connectivity index (χ0) is 10.7. The van der Waals surface area contributed by atoms with Crippen LogP contribution in [0.15, 0.2) is 12.1 Å². The number of nitriles is 1. The number of halogens is 1. The Hall–Kier alpha value is -1.33. The van der Waals surface area contributed by atoms with E-state index in [9.17, 15) is 4.79 Å². The number of rotatable bonds is 2. The molecule has 0 atom stereocenters. The molecule has 2 nitrogen and oxygen atoms in total. The van der Waals surface area contributed by atoms with Gasteiger partial charge in [0.25, 0.3) is 5.24 Å². The van der Waals surface area contributed by atoms with Gasteiger partial charge in [-0.3, -0.25) is 4.79 Å². The zero-order valence-electron chi connectivity index (χ0n) is 8.10. The van der Waals surface area contributed by atoms with Crippen LogP contribution in [0.4, 0.5) is 0 Å². The third kappa shape index (κ3) is 1.94. The molecule has 0 radical (unpaired) electrons. The molecule has 0 aliphatic rings. The van der Waals surface area contributed by atoms with Gasteiger partial charge in [-0.05, 0) is 42.1 Å². The Morgan fingerprint density at radius 1 is 1.43 bits per heavy atom. The molecule has 0 aromatic heterocycles. The number of nitrogens with zero attached hydrogens (tertiary/aromatic N) is 1. The predicted molar refractivity (Wildman–Crippen MR) is 55.4 cm³/mol. The Bertz CT molecular complexity index is 418. The highest BCUT2D eigenvalue weighted by Crippen LogP contribution is 2.20. The number of benzene rings is 1. The summed E-state index contributed by atoms with van der Waals surface area (Å²) in [5, 5.41) is 8.15. The van der Waals surface area contributed by atoms with Crippen molar-refractivity contribution in [3.05, 3.63) is 34.4 Å².